The van der Waals surface area contributed by atoms with Gasteiger partial charge in [-0.3, -0.25) is 0 Å². The second-order valence-corrected chi connectivity index (χ2v) is 5.86. The Labute approximate surface area is 126 Å². The molecule has 0 aliphatic rings. The van der Waals surface area contributed by atoms with Gasteiger partial charge < -0.3 is 4.90 Å². The number of hydrogen-bond acceptors (Lipinski definition) is 5. The van der Waals surface area contributed by atoms with Crippen molar-refractivity contribution >= 4 is 40.1 Å². The van der Waals surface area contributed by atoms with Crippen LogP contribution in [0.25, 0.3) is 10.6 Å². The van der Waals surface area contributed by atoms with E-state index in [1.165, 1.54) is 4.88 Å². The molecule has 0 aliphatic carbocycles. The summed E-state index contributed by atoms with van der Waals surface area (Å²) in [6.45, 7) is 1.04. The van der Waals surface area contributed by atoms with Crippen molar-refractivity contribution < 1.29 is 0 Å². The van der Waals surface area contributed by atoms with E-state index >= 15 is 0 Å². The van der Waals surface area contributed by atoms with Gasteiger partial charge in [-0.25, -0.2) is 9.97 Å². The molecule has 0 saturated carbocycles. The summed E-state index contributed by atoms with van der Waals surface area (Å²) in [5.41, 5.74) is 1.02. The van der Waals surface area contributed by atoms with E-state index in [-0.39, 0.29) is 17.0 Å². The largest absolute Gasteiger partial charge is 0.309 e. The highest BCUT2D eigenvalue weighted by Crippen LogP contribution is 2.24. The zero-order chi connectivity index (χ0) is 12.1. The van der Waals surface area contributed by atoms with Crippen LogP contribution < -0.4 is 0 Å². The fraction of sp³-hybridized carbons (Fsp3) is 0.333. The Bertz CT molecular complexity index is 460. The molecule has 0 aliphatic heterocycles. The van der Waals surface area contributed by atoms with E-state index < -0.39 is 0 Å². The highest BCUT2D eigenvalue weighted by Gasteiger charge is 2.03. The van der Waals surface area contributed by atoms with Gasteiger partial charge in [0.2, 0.25) is 0 Å². The lowest BCUT2D eigenvalue weighted by Crippen LogP contribution is -2.14. The Morgan fingerprint density at radius 3 is 2.83 bits per heavy atom. The molecule has 6 heteroatoms. The maximum Gasteiger partial charge on any atom is 0.188 e. The molecule has 0 saturated heterocycles. The number of hydrogen-bond donors (Lipinski definition) is 0. The van der Waals surface area contributed by atoms with Crippen molar-refractivity contribution in [2.75, 3.05) is 26.4 Å². The van der Waals surface area contributed by atoms with Crippen molar-refractivity contribution in [3.05, 3.63) is 29.8 Å². The van der Waals surface area contributed by atoms with Gasteiger partial charge in [-0.1, -0.05) is 17.8 Å². The zero-order valence-corrected chi connectivity index (χ0v) is 13.7. The van der Waals surface area contributed by atoms with Crippen LogP contribution in [0.4, 0.5) is 0 Å². The first-order chi connectivity index (χ1) is 8.25. The summed E-state index contributed by atoms with van der Waals surface area (Å²) >= 11 is 3.41. The number of rotatable bonds is 5. The third-order valence-corrected chi connectivity index (χ3v) is 3.91. The maximum absolute atomic E-state index is 4.56. The smallest absolute Gasteiger partial charge is 0.188 e. The van der Waals surface area contributed by atoms with E-state index in [1.807, 2.05) is 18.3 Å². The molecule has 2 aromatic heterocycles. The lowest BCUT2D eigenvalue weighted by molar-refractivity contribution is 0.437. The molecule has 0 N–H and O–H groups in total. The second kappa shape index (κ2) is 7.89. The number of thioether (sulfide) groups is 1. The molecule has 0 bridgehead atoms. The third-order valence-electron chi connectivity index (χ3n) is 2.18. The summed E-state index contributed by atoms with van der Waals surface area (Å²) < 4.78 is 0. The summed E-state index contributed by atoms with van der Waals surface area (Å²) in [7, 11) is 4.15. The lowest BCUT2D eigenvalue weighted by Gasteiger charge is -2.07. The van der Waals surface area contributed by atoms with Crippen LogP contribution in [0.1, 0.15) is 0 Å². The first kappa shape index (κ1) is 15.6. The Kier molecular flexibility index (Phi) is 6.85. The first-order valence-corrected chi connectivity index (χ1v) is 7.26. The number of thiophene rings is 1. The van der Waals surface area contributed by atoms with Crippen molar-refractivity contribution in [1.29, 1.82) is 0 Å². The minimum absolute atomic E-state index is 0. The standard InChI is InChI=1S/C12H15N3S2.BrH/c1-15(2)7-9-17-12-13-6-5-10(14-12)11-4-3-8-16-11;/h3-6,8H,7,9H2,1-2H3;1H. The molecular weight excluding hydrogens is 330 g/mol. The predicted molar refractivity (Wildman–Crippen MR) is 84.9 cm³/mol. The van der Waals surface area contributed by atoms with Crippen LogP contribution in [-0.2, 0) is 0 Å². The van der Waals surface area contributed by atoms with Crippen LogP contribution >= 0.6 is 40.1 Å². The minimum Gasteiger partial charge on any atom is -0.309 e. The second-order valence-electron chi connectivity index (χ2n) is 3.85. The maximum atomic E-state index is 4.56. The molecule has 3 nitrogen and oxygen atoms in total. The van der Waals surface area contributed by atoms with Gasteiger partial charge in [0.1, 0.15) is 0 Å². The van der Waals surface area contributed by atoms with E-state index in [1.54, 1.807) is 23.1 Å². The number of nitrogens with zero attached hydrogens (tertiary/aromatic N) is 3. The molecule has 2 heterocycles. The molecule has 2 aromatic rings. The van der Waals surface area contributed by atoms with Crippen LogP contribution in [0.2, 0.25) is 0 Å². The topological polar surface area (TPSA) is 29.0 Å². The van der Waals surface area contributed by atoms with Crippen molar-refractivity contribution in [3.8, 4) is 10.6 Å². The summed E-state index contributed by atoms with van der Waals surface area (Å²) in [5, 5.41) is 2.92. The molecule has 2 rings (SSSR count). The van der Waals surface area contributed by atoms with Gasteiger partial charge in [-0.15, -0.1) is 28.3 Å². The van der Waals surface area contributed by atoms with Crippen LogP contribution in [-0.4, -0.2) is 41.3 Å². The Balaban J connectivity index is 0.00000162. The fourth-order valence-corrected chi connectivity index (χ4v) is 2.92. The number of aromatic nitrogens is 2. The van der Waals surface area contributed by atoms with Crippen molar-refractivity contribution in [1.82, 2.24) is 14.9 Å². The van der Waals surface area contributed by atoms with Gasteiger partial charge >= 0.3 is 0 Å². The van der Waals surface area contributed by atoms with E-state index in [0.29, 0.717) is 0 Å². The van der Waals surface area contributed by atoms with Crippen LogP contribution in [0.15, 0.2) is 34.9 Å². The monoisotopic (exact) mass is 345 g/mol. The third kappa shape index (κ3) is 4.68. The van der Waals surface area contributed by atoms with E-state index in [2.05, 4.69) is 40.4 Å². The molecule has 18 heavy (non-hydrogen) atoms. The average molecular weight is 346 g/mol. The summed E-state index contributed by atoms with van der Waals surface area (Å²) in [6.07, 6.45) is 1.83. The molecule has 0 amide bonds. The van der Waals surface area contributed by atoms with Crippen LogP contribution in [0.3, 0.4) is 0 Å². The first-order valence-electron chi connectivity index (χ1n) is 5.40. The fourth-order valence-electron chi connectivity index (χ4n) is 1.29. The predicted octanol–water partition coefficient (Wildman–Crippen LogP) is 3.44. The van der Waals surface area contributed by atoms with Gasteiger partial charge in [0, 0.05) is 18.5 Å². The SMILES string of the molecule is Br.CN(C)CCSc1nccc(-c2cccs2)n1. The Morgan fingerprint density at radius 2 is 2.17 bits per heavy atom. The molecule has 0 spiro atoms. The van der Waals surface area contributed by atoms with E-state index in [0.717, 1.165) is 23.1 Å². The Hall–Kier alpha value is -0.430. The molecular formula is C12H16BrN3S2. The van der Waals surface area contributed by atoms with Crippen molar-refractivity contribution in [2.24, 2.45) is 0 Å². The molecule has 0 unspecified atom stereocenters. The van der Waals surface area contributed by atoms with Gasteiger partial charge in [-0.2, -0.15) is 0 Å². The molecule has 0 atom stereocenters. The summed E-state index contributed by atoms with van der Waals surface area (Å²) in [4.78, 5) is 12.2. The summed E-state index contributed by atoms with van der Waals surface area (Å²) in [6, 6.07) is 6.09. The van der Waals surface area contributed by atoms with Crippen LogP contribution in [0.5, 0.6) is 0 Å². The van der Waals surface area contributed by atoms with E-state index in [9.17, 15) is 0 Å². The highest BCUT2D eigenvalue weighted by molar-refractivity contribution is 8.93. The van der Waals surface area contributed by atoms with E-state index in [4.69, 9.17) is 0 Å². The molecule has 0 fully saturated rings. The van der Waals surface area contributed by atoms with Gasteiger partial charge in [0.05, 0.1) is 10.6 Å². The van der Waals surface area contributed by atoms with Gasteiger partial charge in [0.25, 0.3) is 0 Å². The quantitative estimate of drug-likeness (QED) is 0.613. The zero-order valence-electron chi connectivity index (χ0n) is 10.4. The van der Waals surface area contributed by atoms with Crippen molar-refractivity contribution in [2.45, 2.75) is 5.16 Å². The number of halogens is 1. The van der Waals surface area contributed by atoms with Gasteiger partial charge in [0.15, 0.2) is 5.16 Å². The Morgan fingerprint density at radius 1 is 1.33 bits per heavy atom. The van der Waals surface area contributed by atoms with Crippen molar-refractivity contribution in [3.63, 3.8) is 0 Å². The normalized spacial score (nSPS) is 10.4. The minimum atomic E-state index is 0. The lowest BCUT2D eigenvalue weighted by atomic mass is 10.3. The average Bonchev–Trinajstić information content (AvgIpc) is 2.82. The molecule has 0 aromatic carbocycles. The molecule has 98 valence electrons. The summed E-state index contributed by atoms with van der Waals surface area (Å²) in [5.74, 6) is 1.01. The highest BCUT2D eigenvalue weighted by atomic mass is 79.9. The van der Waals surface area contributed by atoms with Gasteiger partial charge in [-0.05, 0) is 31.6 Å². The molecule has 0 radical (unpaired) electrons. The van der Waals surface area contributed by atoms with Crippen LogP contribution in [0, 0.1) is 0 Å².